The lowest BCUT2D eigenvalue weighted by Gasteiger charge is -2.09. The molecule has 5 nitrogen and oxygen atoms in total. The minimum Gasteiger partial charge on any atom is -0.479 e. The number of carboxylic acids is 1. The van der Waals surface area contributed by atoms with Gasteiger partial charge in [0.1, 0.15) is 6.61 Å². The fourth-order valence-electron chi connectivity index (χ4n) is 1.04. The van der Waals surface area contributed by atoms with Crippen molar-refractivity contribution in [3.05, 3.63) is 28.2 Å². The molecule has 2 N–H and O–H groups in total. The monoisotopic (exact) mass is 291 g/mol. The van der Waals surface area contributed by atoms with Crippen molar-refractivity contribution >= 4 is 40.8 Å². The van der Waals surface area contributed by atoms with Gasteiger partial charge in [0, 0.05) is 5.69 Å². The van der Waals surface area contributed by atoms with Gasteiger partial charge in [0.2, 0.25) is 5.91 Å². The van der Waals surface area contributed by atoms with E-state index >= 15 is 0 Å². The van der Waals surface area contributed by atoms with Crippen molar-refractivity contribution in [1.82, 2.24) is 0 Å². The van der Waals surface area contributed by atoms with Gasteiger partial charge >= 0.3 is 5.97 Å². The highest BCUT2D eigenvalue weighted by molar-refractivity contribution is 6.42. The Hall–Kier alpha value is -1.30. The molecule has 1 atom stereocenters. The maximum atomic E-state index is 11.4. The Kier molecular flexibility index (Phi) is 5.40. The number of carboxylic acid groups (broad SMARTS) is 1. The van der Waals surface area contributed by atoms with Crippen molar-refractivity contribution in [2.24, 2.45) is 0 Å². The third-order valence-electron chi connectivity index (χ3n) is 2.02. The van der Waals surface area contributed by atoms with Crippen molar-refractivity contribution < 1.29 is 19.4 Å². The van der Waals surface area contributed by atoms with Crippen LogP contribution in [0.25, 0.3) is 0 Å². The zero-order chi connectivity index (χ0) is 13.7. The highest BCUT2D eigenvalue weighted by Gasteiger charge is 2.13. The lowest BCUT2D eigenvalue weighted by Crippen LogP contribution is -2.26. The maximum Gasteiger partial charge on any atom is 0.332 e. The van der Waals surface area contributed by atoms with Crippen LogP contribution in [0.1, 0.15) is 6.92 Å². The number of amides is 1. The summed E-state index contributed by atoms with van der Waals surface area (Å²) in [4.78, 5) is 21.9. The molecule has 18 heavy (non-hydrogen) atoms. The Morgan fingerprint density at radius 1 is 1.39 bits per heavy atom. The number of hydrogen-bond donors (Lipinski definition) is 2. The molecule has 1 rings (SSSR count). The number of aliphatic carboxylic acids is 1. The number of carbonyl (C=O) groups excluding carboxylic acids is 1. The van der Waals surface area contributed by atoms with Crippen LogP contribution in [-0.4, -0.2) is 29.7 Å². The van der Waals surface area contributed by atoms with Gasteiger partial charge in [-0.2, -0.15) is 0 Å². The van der Waals surface area contributed by atoms with Gasteiger partial charge in [-0.25, -0.2) is 4.79 Å². The molecule has 0 saturated carbocycles. The average Bonchev–Trinajstić information content (AvgIpc) is 2.30. The predicted molar refractivity (Wildman–Crippen MR) is 68.1 cm³/mol. The highest BCUT2D eigenvalue weighted by Crippen LogP contribution is 2.24. The van der Waals surface area contributed by atoms with Crippen molar-refractivity contribution in [1.29, 1.82) is 0 Å². The molecule has 1 amide bonds. The number of halogens is 2. The number of nitrogens with one attached hydrogen (secondary N) is 1. The van der Waals surface area contributed by atoms with E-state index < -0.39 is 18.0 Å². The van der Waals surface area contributed by atoms with E-state index in [-0.39, 0.29) is 6.61 Å². The van der Waals surface area contributed by atoms with Gasteiger partial charge in [-0.15, -0.1) is 0 Å². The zero-order valence-electron chi connectivity index (χ0n) is 9.44. The topological polar surface area (TPSA) is 75.6 Å². The molecule has 98 valence electrons. The molecule has 0 aliphatic carbocycles. The van der Waals surface area contributed by atoms with Crippen LogP contribution < -0.4 is 5.32 Å². The summed E-state index contributed by atoms with van der Waals surface area (Å²) in [5, 5.41) is 11.8. The van der Waals surface area contributed by atoms with E-state index in [1.807, 2.05) is 0 Å². The molecule has 0 bridgehead atoms. The quantitative estimate of drug-likeness (QED) is 0.874. The van der Waals surface area contributed by atoms with Gasteiger partial charge in [-0.1, -0.05) is 23.2 Å². The molecule has 0 aliphatic rings. The summed E-state index contributed by atoms with van der Waals surface area (Å²) in [7, 11) is 0. The number of anilines is 1. The normalized spacial score (nSPS) is 11.9. The summed E-state index contributed by atoms with van der Waals surface area (Å²) in [5.74, 6) is -1.60. The molecule has 7 heteroatoms. The smallest absolute Gasteiger partial charge is 0.332 e. The van der Waals surface area contributed by atoms with Crippen LogP contribution >= 0.6 is 23.2 Å². The zero-order valence-corrected chi connectivity index (χ0v) is 11.0. The largest absolute Gasteiger partial charge is 0.479 e. The van der Waals surface area contributed by atoms with Gasteiger partial charge in [-0.3, -0.25) is 4.79 Å². The molecule has 0 spiro atoms. The first-order valence-electron chi connectivity index (χ1n) is 4.99. The number of benzene rings is 1. The Labute approximate surface area is 114 Å². The number of carbonyl (C=O) groups is 2. The Balaban J connectivity index is 2.49. The first kappa shape index (κ1) is 14.8. The lowest BCUT2D eigenvalue weighted by molar-refractivity contribution is -0.150. The molecule has 0 aromatic heterocycles. The van der Waals surface area contributed by atoms with E-state index in [1.165, 1.54) is 13.0 Å². The summed E-state index contributed by atoms with van der Waals surface area (Å²) in [5.41, 5.74) is 0.459. The molecule has 0 saturated heterocycles. The second-order valence-corrected chi connectivity index (χ2v) is 4.28. The fourth-order valence-corrected chi connectivity index (χ4v) is 1.34. The third-order valence-corrected chi connectivity index (χ3v) is 2.75. The van der Waals surface area contributed by atoms with E-state index in [1.54, 1.807) is 12.1 Å². The first-order chi connectivity index (χ1) is 8.40. The molecule has 0 fully saturated rings. The summed E-state index contributed by atoms with van der Waals surface area (Å²) in [6, 6.07) is 4.61. The van der Waals surface area contributed by atoms with Crippen molar-refractivity contribution in [3.8, 4) is 0 Å². The maximum absolute atomic E-state index is 11.4. The SMILES string of the molecule is CC(OCC(=O)Nc1ccc(Cl)c(Cl)c1)C(=O)O. The molecule has 0 aliphatic heterocycles. The van der Waals surface area contributed by atoms with Gasteiger partial charge in [0.15, 0.2) is 6.10 Å². The summed E-state index contributed by atoms with van der Waals surface area (Å²) in [6.07, 6.45) is -1.04. The summed E-state index contributed by atoms with van der Waals surface area (Å²) in [6.45, 7) is 0.989. The van der Waals surface area contributed by atoms with Crippen molar-refractivity contribution in [2.75, 3.05) is 11.9 Å². The summed E-state index contributed by atoms with van der Waals surface area (Å²) >= 11 is 11.5. The molecule has 1 aromatic carbocycles. The molecular weight excluding hydrogens is 281 g/mol. The van der Waals surface area contributed by atoms with E-state index in [4.69, 9.17) is 33.0 Å². The van der Waals surface area contributed by atoms with Gasteiger partial charge < -0.3 is 15.2 Å². The van der Waals surface area contributed by atoms with Crippen molar-refractivity contribution in [2.45, 2.75) is 13.0 Å². The van der Waals surface area contributed by atoms with Crippen LogP contribution in [0.5, 0.6) is 0 Å². The van der Waals surface area contributed by atoms with E-state index in [0.717, 1.165) is 0 Å². The second kappa shape index (κ2) is 6.58. The fraction of sp³-hybridized carbons (Fsp3) is 0.273. The van der Waals surface area contributed by atoms with E-state index in [9.17, 15) is 9.59 Å². The molecule has 0 radical (unpaired) electrons. The third kappa shape index (κ3) is 4.52. The molecule has 0 heterocycles. The first-order valence-corrected chi connectivity index (χ1v) is 5.75. The second-order valence-electron chi connectivity index (χ2n) is 3.47. The minimum atomic E-state index is -1.13. The Morgan fingerprint density at radius 2 is 2.06 bits per heavy atom. The number of rotatable bonds is 5. The highest BCUT2D eigenvalue weighted by atomic mass is 35.5. The van der Waals surface area contributed by atoms with E-state index in [0.29, 0.717) is 15.7 Å². The van der Waals surface area contributed by atoms with E-state index in [2.05, 4.69) is 5.32 Å². The van der Waals surface area contributed by atoms with Crippen LogP contribution in [0.4, 0.5) is 5.69 Å². The van der Waals surface area contributed by atoms with Crippen LogP contribution in [0.15, 0.2) is 18.2 Å². The number of ether oxygens (including phenoxy) is 1. The lowest BCUT2D eigenvalue weighted by atomic mass is 10.3. The predicted octanol–water partition coefficient (Wildman–Crippen LogP) is 2.42. The minimum absolute atomic E-state index is 0.314. The van der Waals surface area contributed by atoms with Gasteiger partial charge in [0.05, 0.1) is 10.0 Å². The molecular formula is C11H11Cl2NO4. The Bertz CT molecular complexity index is 464. The van der Waals surface area contributed by atoms with Gasteiger partial charge in [-0.05, 0) is 25.1 Å². The van der Waals surface area contributed by atoms with Crippen LogP contribution in [0.3, 0.4) is 0 Å². The van der Waals surface area contributed by atoms with Crippen LogP contribution in [0.2, 0.25) is 10.0 Å². The summed E-state index contributed by atoms with van der Waals surface area (Å²) < 4.78 is 4.82. The molecule has 1 aromatic rings. The van der Waals surface area contributed by atoms with Crippen LogP contribution in [0, 0.1) is 0 Å². The average molecular weight is 292 g/mol. The number of hydrogen-bond acceptors (Lipinski definition) is 3. The van der Waals surface area contributed by atoms with Gasteiger partial charge in [0.25, 0.3) is 0 Å². The van der Waals surface area contributed by atoms with Crippen LogP contribution in [-0.2, 0) is 14.3 Å². The Morgan fingerprint density at radius 3 is 2.61 bits per heavy atom. The standard InChI is InChI=1S/C11H11Cl2NO4/c1-6(11(16)17)18-5-10(15)14-7-2-3-8(12)9(13)4-7/h2-4,6H,5H2,1H3,(H,14,15)(H,16,17). The molecule has 1 unspecified atom stereocenters. The van der Waals surface area contributed by atoms with Crippen molar-refractivity contribution in [3.63, 3.8) is 0 Å².